The van der Waals surface area contributed by atoms with Gasteiger partial charge in [0.25, 0.3) is 0 Å². The molecule has 25 heavy (non-hydrogen) atoms. The minimum absolute atomic E-state index is 0.401. The first-order chi connectivity index (χ1) is 12.2. The highest BCUT2D eigenvalue weighted by Gasteiger charge is 2.15. The summed E-state index contributed by atoms with van der Waals surface area (Å²) in [5.74, 6) is 1.94. The topological polar surface area (TPSA) is 37.9 Å². The number of hydrogen-bond donors (Lipinski definition) is 1. The number of imidazole rings is 1. The molecule has 3 aromatic rings. The van der Waals surface area contributed by atoms with Crippen LogP contribution >= 0.6 is 23.4 Å². The molecule has 0 amide bonds. The van der Waals surface area contributed by atoms with E-state index in [1.54, 1.807) is 13.3 Å². The van der Waals surface area contributed by atoms with Crippen molar-refractivity contribution in [3.63, 3.8) is 0 Å². The predicted molar refractivity (Wildman–Crippen MR) is 105 cm³/mol. The molecule has 0 spiro atoms. The lowest BCUT2D eigenvalue weighted by Gasteiger charge is -2.17. The van der Waals surface area contributed by atoms with Gasteiger partial charge in [0, 0.05) is 34.0 Å². The third kappa shape index (κ3) is 5.28. The average molecular weight is 373 g/mol. The van der Waals surface area contributed by atoms with Crippen molar-refractivity contribution in [2.24, 2.45) is 0 Å². The third-order valence-electron chi connectivity index (χ3n) is 4.01. The Hall–Kier alpha value is -1.91. The van der Waals surface area contributed by atoms with Gasteiger partial charge in [-0.1, -0.05) is 35.9 Å². The van der Waals surface area contributed by atoms with Crippen LogP contribution in [0.3, 0.4) is 0 Å². The number of nitrogens with zero attached hydrogens (tertiary/aromatic N) is 1. The minimum Gasteiger partial charge on any atom is -0.496 e. The molecule has 5 heteroatoms. The number of thioether (sulfide) groups is 1. The Morgan fingerprint density at radius 1 is 1.16 bits per heavy atom. The van der Waals surface area contributed by atoms with Gasteiger partial charge in [-0.3, -0.25) is 0 Å². The zero-order valence-corrected chi connectivity index (χ0v) is 15.7. The van der Waals surface area contributed by atoms with Crippen LogP contribution in [0.1, 0.15) is 17.8 Å². The first-order valence-corrected chi connectivity index (χ1v) is 9.52. The number of aromatic nitrogens is 2. The smallest absolute Gasteiger partial charge is 0.132 e. The molecule has 130 valence electrons. The maximum absolute atomic E-state index is 5.98. The summed E-state index contributed by atoms with van der Waals surface area (Å²) in [6.07, 6.45) is 6.62. The third-order valence-corrected chi connectivity index (χ3v) is 5.59. The Balaban J connectivity index is 1.71. The minimum atomic E-state index is 0.401. The van der Waals surface area contributed by atoms with E-state index >= 15 is 0 Å². The molecule has 1 N–H and O–H groups in total. The Morgan fingerprint density at radius 2 is 1.96 bits per heavy atom. The fraction of sp³-hybridized carbons (Fsp3) is 0.250. The molecule has 0 bridgehead atoms. The van der Waals surface area contributed by atoms with Gasteiger partial charge in [-0.15, -0.1) is 11.8 Å². The molecule has 1 atom stereocenters. The number of H-pyrrole nitrogens is 1. The van der Waals surface area contributed by atoms with Gasteiger partial charge < -0.3 is 9.72 Å². The quantitative estimate of drug-likeness (QED) is 0.537. The highest BCUT2D eigenvalue weighted by atomic mass is 35.5. The van der Waals surface area contributed by atoms with E-state index < -0.39 is 0 Å². The molecule has 1 heterocycles. The van der Waals surface area contributed by atoms with Gasteiger partial charge in [-0.05, 0) is 42.7 Å². The molecule has 0 aliphatic rings. The molecule has 3 rings (SSSR count). The molecule has 0 saturated heterocycles. The maximum Gasteiger partial charge on any atom is 0.132 e. The predicted octanol–water partition coefficient (Wildman–Crippen LogP) is 5.41. The SMILES string of the molecule is COc1ccccc1SC(CCc1ccc(Cl)cc1)Cc1ncc[nH]1. The number of hydrogen-bond acceptors (Lipinski definition) is 3. The standard InChI is InChI=1S/C20H21ClN2OS/c1-24-18-4-2-3-5-19(18)25-17(14-20-22-12-13-23-20)11-8-15-6-9-16(21)10-7-15/h2-7,9-10,12-13,17H,8,11,14H2,1H3,(H,22,23). The summed E-state index contributed by atoms with van der Waals surface area (Å²) in [5.41, 5.74) is 1.30. The Bertz CT molecular complexity index is 775. The van der Waals surface area contributed by atoms with Gasteiger partial charge in [0.2, 0.25) is 0 Å². The van der Waals surface area contributed by atoms with Gasteiger partial charge >= 0.3 is 0 Å². The summed E-state index contributed by atoms with van der Waals surface area (Å²) < 4.78 is 5.50. The molecule has 0 aliphatic heterocycles. The molecular weight excluding hydrogens is 352 g/mol. The number of aryl methyl sites for hydroxylation is 1. The number of methoxy groups -OCH3 is 1. The molecule has 0 radical (unpaired) electrons. The highest BCUT2D eigenvalue weighted by Crippen LogP contribution is 2.35. The molecule has 1 unspecified atom stereocenters. The lowest BCUT2D eigenvalue weighted by atomic mass is 10.1. The summed E-state index contributed by atoms with van der Waals surface area (Å²) in [7, 11) is 1.72. The van der Waals surface area contributed by atoms with Gasteiger partial charge in [-0.2, -0.15) is 0 Å². The highest BCUT2D eigenvalue weighted by molar-refractivity contribution is 8.00. The van der Waals surface area contributed by atoms with Crippen molar-refractivity contribution >= 4 is 23.4 Å². The number of halogens is 1. The molecule has 0 fully saturated rings. The average Bonchev–Trinajstić information content (AvgIpc) is 3.14. The van der Waals surface area contributed by atoms with Crippen molar-refractivity contribution in [3.05, 3.63) is 77.3 Å². The molecule has 0 saturated carbocycles. The number of para-hydroxylation sites is 1. The van der Waals surface area contributed by atoms with Crippen molar-refractivity contribution in [1.29, 1.82) is 0 Å². The summed E-state index contributed by atoms with van der Waals surface area (Å²) >= 11 is 7.83. The lowest BCUT2D eigenvalue weighted by Crippen LogP contribution is -2.10. The molecule has 2 aromatic carbocycles. The fourth-order valence-electron chi connectivity index (χ4n) is 2.70. The van der Waals surface area contributed by atoms with Crippen LogP contribution in [-0.4, -0.2) is 22.3 Å². The molecule has 3 nitrogen and oxygen atoms in total. The number of aromatic amines is 1. The summed E-state index contributed by atoms with van der Waals surface area (Å²) in [6, 6.07) is 16.3. The van der Waals surface area contributed by atoms with Crippen LogP contribution in [0.15, 0.2) is 65.8 Å². The van der Waals surface area contributed by atoms with Crippen molar-refractivity contribution in [2.45, 2.75) is 29.4 Å². The lowest BCUT2D eigenvalue weighted by molar-refractivity contribution is 0.404. The second-order valence-electron chi connectivity index (χ2n) is 5.80. The first kappa shape index (κ1) is 17.9. The number of benzene rings is 2. The zero-order valence-electron chi connectivity index (χ0n) is 14.1. The monoisotopic (exact) mass is 372 g/mol. The van der Waals surface area contributed by atoms with Gasteiger partial charge in [0.05, 0.1) is 7.11 Å². The van der Waals surface area contributed by atoms with E-state index in [1.165, 1.54) is 5.56 Å². The Kier molecular flexibility index (Phi) is 6.42. The Labute approximate surface area is 157 Å². The van der Waals surface area contributed by atoms with Crippen molar-refractivity contribution in [2.75, 3.05) is 7.11 Å². The van der Waals surface area contributed by atoms with E-state index in [4.69, 9.17) is 16.3 Å². The number of ether oxygens (including phenoxy) is 1. The Morgan fingerprint density at radius 3 is 2.68 bits per heavy atom. The van der Waals surface area contributed by atoms with Gasteiger partial charge in [0.15, 0.2) is 0 Å². The summed E-state index contributed by atoms with van der Waals surface area (Å²) in [6.45, 7) is 0. The van der Waals surface area contributed by atoms with E-state index in [0.29, 0.717) is 5.25 Å². The molecule has 0 aliphatic carbocycles. The first-order valence-electron chi connectivity index (χ1n) is 8.27. The van der Waals surface area contributed by atoms with Crippen LogP contribution in [0.4, 0.5) is 0 Å². The van der Waals surface area contributed by atoms with Crippen LogP contribution < -0.4 is 4.74 Å². The number of rotatable bonds is 8. The summed E-state index contributed by atoms with van der Waals surface area (Å²) in [5, 5.41) is 1.18. The van der Waals surface area contributed by atoms with Crippen molar-refractivity contribution in [3.8, 4) is 5.75 Å². The second-order valence-corrected chi connectivity index (χ2v) is 7.57. The van der Waals surface area contributed by atoms with Crippen LogP contribution in [0.2, 0.25) is 5.02 Å². The fourth-order valence-corrected chi connectivity index (χ4v) is 4.09. The molecular formula is C20H21ClN2OS. The largest absolute Gasteiger partial charge is 0.496 e. The van der Waals surface area contributed by atoms with E-state index in [9.17, 15) is 0 Å². The van der Waals surface area contributed by atoms with E-state index in [1.807, 2.05) is 48.3 Å². The summed E-state index contributed by atoms with van der Waals surface area (Å²) in [4.78, 5) is 8.77. The van der Waals surface area contributed by atoms with E-state index in [-0.39, 0.29) is 0 Å². The van der Waals surface area contributed by atoms with Crippen LogP contribution in [-0.2, 0) is 12.8 Å². The molecule has 1 aromatic heterocycles. The van der Waals surface area contributed by atoms with Crippen molar-refractivity contribution < 1.29 is 4.74 Å². The van der Waals surface area contributed by atoms with Gasteiger partial charge in [-0.25, -0.2) is 4.98 Å². The zero-order chi connectivity index (χ0) is 17.5. The van der Waals surface area contributed by atoms with E-state index in [2.05, 4.69) is 28.2 Å². The van der Waals surface area contributed by atoms with Gasteiger partial charge in [0.1, 0.15) is 11.6 Å². The normalized spacial score (nSPS) is 12.1. The van der Waals surface area contributed by atoms with Crippen molar-refractivity contribution in [1.82, 2.24) is 9.97 Å². The van der Waals surface area contributed by atoms with Crippen LogP contribution in [0, 0.1) is 0 Å². The second kappa shape index (κ2) is 8.97. The maximum atomic E-state index is 5.98. The van der Waals surface area contributed by atoms with Crippen LogP contribution in [0.25, 0.3) is 0 Å². The van der Waals surface area contributed by atoms with Crippen LogP contribution in [0.5, 0.6) is 5.75 Å². The van der Waals surface area contributed by atoms with E-state index in [0.717, 1.165) is 40.8 Å². The number of nitrogens with one attached hydrogen (secondary N) is 1.